The van der Waals surface area contributed by atoms with Crippen LogP contribution in [0.15, 0.2) is 65.4 Å². The maximum Gasteiger partial charge on any atom is 0.269 e. The molecule has 0 fully saturated rings. The topological polar surface area (TPSA) is 85.0 Å². The van der Waals surface area contributed by atoms with Gasteiger partial charge in [-0.1, -0.05) is 12.1 Å². The largest absolute Gasteiger partial charge is 0.497 e. The average Bonchev–Trinajstić information content (AvgIpc) is 3.13. The number of methoxy groups -OCH3 is 1. The van der Waals surface area contributed by atoms with Crippen molar-refractivity contribution in [2.45, 2.75) is 26.3 Å². The van der Waals surface area contributed by atoms with Gasteiger partial charge >= 0.3 is 0 Å². The van der Waals surface area contributed by atoms with Crippen LogP contribution in [0.4, 0.5) is 5.69 Å². The predicted octanol–water partition coefficient (Wildman–Crippen LogP) is 4.25. The summed E-state index contributed by atoms with van der Waals surface area (Å²) in [5.74, 6) is 0.672. The van der Waals surface area contributed by atoms with Crippen LogP contribution in [0, 0.1) is 10.1 Å². The SMILES string of the molecule is COc1ccc(C2=NN(C(C)=CC(C)=O)[C@@H](c3cccc([N+](=O)[O-])c3)C2)cc1. The summed E-state index contributed by atoms with van der Waals surface area (Å²) in [5.41, 5.74) is 3.28. The van der Waals surface area contributed by atoms with Gasteiger partial charge in [0.1, 0.15) is 5.75 Å². The van der Waals surface area contributed by atoms with Crippen molar-refractivity contribution in [3.05, 3.63) is 81.5 Å². The first-order valence-corrected chi connectivity index (χ1v) is 8.83. The summed E-state index contributed by atoms with van der Waals surface area (Å²) in [5, 5.41) is 17.7. The van der Waals surface area contributed by atoms with E-state index in [2.05, 4.69) is 0 Å². The van der Waals surface area contributed by atoms with Crippen LogP contribution in [0.1, 0.15) is 37.4 Å². The van der Waals surface area contributed by atoms with E-state index >= 15 is 0 Å². The van der Waals surface area contributed by atoms with Gasteiger partial charge < -0.3 is 4.74 Å². The zero-order chi connectivity index (χ0) is 20.3. The lowest BCUT2D eigenvalue weighted by molar-refractivity contribution is -0.384. The third-order valence-corrected chi connectivity index (χ3v) is 4.57. The number of ether oxygens (including phenoxy) is 1. The molecule has 1 aliphatic heterocycles. The van der Waals surface area contributed by atoms with Crippen LogP contribution in [-0.2, 0) is 4.79 Å². The van der Waals surface area contributed by atoms with E-state index in [4.69, 9.17) is 9.84 Å². The number of benzene rings is 2. The van der Waals surface area contributed by atoms with E-state index in [0.29, 0.717) is 12.1 Å². The van der Waals surface area contributed by atoms with Crippen molar-refractivity contribution in [2.75, 3.05) is 7.11 Å². The van der Waals surface area contributed by atoms with Gasteiger partial charge in [-0.2, -0.15) is 5.10 Å². The second kappa shape index (κ2) is 8.04. The monoisotopic (exact) mass is 379 g/mol. The molecule has 3 rings (SSSR count). The number of nitro benzene ring substituents is 1. The quantitative estimate of drug-likeness (QED) is 0.426. The minimum Gasteiger partial charge on any atom is -0.497 e. The van der Waals surface area contributed by atoms with E-state index < -0.39 is 4.92 Å². The smallest absolute Gasteiger partial charge is 0.269 e. The van der Waals surface area contributed by atoms with Gasteiger partial charge in [-0.25, -0.2) is 0 Å². The van der Waals surface area contributed by atoms with E-state index in [0.717, 1.165) is 22.6 Å². The number of allylic oxidation sites excluding steroid dienone is 2. The maximum absolute atomic E-state index is 11.6. The molecule has 0 aliphatic carbocycles. The first kappa shape index (κ1) is 19.3. The number of carbonyl (C=O) groups excluding carboxylic acids is 1. The summed E-state index contributed by atoms with van der Waals surface area (Å²) in [6.45, 7) is 3.29. The standard InChI is InChI=1S/C21H21N3O4/c1-14(11-15(2)25)23-21(17-5-4-6-18(12-17)24(26)27)13-20(22-23)16-7-9-19(28-3)10-8-16/h4-12,21H,13H2,1-3H3/t21-/m1/s1. The molecule has 7 heteroatoms. The van der Waals surface area contributed by atoms with Crippen LogP contribution >= 0.6 is 0 Å². The fourth-order valence-electron chi connectivity index (χ4n) is 3.26. The Hall–Kier alpha value is -3.48. The van der Waals surface area contributed by atoms with Gasteiger partial charge in [0.15, 0.2) is 5.78 Å². The first-order chi connectivity index (χ1) is 13.4. The van der Waals surface area contributed by atoms with Gasteiger partial charge in [0, 0.05) is 30.3 Å². The van der Waals surface area contributed by atoms with Gasteiger partial charge in [-0.05, 0) is 49.2 Å². The van der Waals surface area contributed by atoms with Gasteiger partial charge in [-0.15, -0.1) is 0 Å². The number of carbonyl (C=O) groups is 1. The van der Waals surface area contributed by atoms with Crippen LogP contribution in [0.3, 0.4) is 0 Å². The van der Waals surface area contributed by atoms with Crippen molar-refractivity contribution < 1.29 is 14.5 Å². The Balaban J connectivity index is 2.00. The molecule has 7 nitrogen and oxygen atoms in total. The molecule has 2 aromatic carbocycles. The molecule has 1 aliphatic rings. The second-order valence-electron chi connectivity index (χ2n) is 6.59. The molecule has 0 amide bonds. The Morgan fingerprint density at radius 2 is 1.96 bits per heavy atom. The highest BCUT2D eigenvalue weighted by Crippen LogP contribution is 2.36. The zero-order valence-corrected chi connectivity index (χ0v) is 16.0. The first-order valence-electron chi connectivity index (χ1n) is 8.83. The number of non-ortho nitro benzene ring substituents is 1. The number of hydrogen-bond acceptors (Lipinski definition) is 6. The fraction of sp³-hybridized carbons (Fsp3) is 0.238. The second-order valence-corrected chi connectivity index (χ2v) is 6.59. The molecule has 0 spiro atoms. The van der Waals surface area contributed by atoms with E-state index in [1.807, 2.05) is 37.3 Å². The lowest BCUT2D eigenvalue weighted by atomic mass is 9.97. The van der Waals surface area contributed by atoms with Crippen molar-refractivity contribution in [1.29, 1.82) is 0 Å². The summed E-state index contributed by atoms with van der Waals surface area (Å²) in [4.78, 5) is 22.3. The van der Waals surface area contributed by atoms with Crippen LogP contribution in [0.25, 0.3) is 0 Å². The van der Waals surface area contributed by atoms with E-state index in [-0.39, 0.29) is 17.5 Å². The zero-order valence-electron chi connectivity index (χ0n) is 16.0. The summed E-state index contributed by atoms with van der Waals surface area (Å²) in [6.07, 6.45) is 2.08. The van der Waals surface area contributed by atoms with Crippen LogP contribution in [0.2, 0.25) is 0 Å². The van der Waals surface area contributed by atoms with Crippen molar-refractivity contribution >= 4 is 17.2 Å². The van der Waals surface area contributed by atoms with Crippen molar-refractivity contribution in [2.24, 2.45) is 5.10 Å². The van der Waals surface area contributed by atoms with Crippen LogP contribution in [0.5, 0.6) is 5.75 Å². The van der Waals surface area contributed by atoms with Crippen molar-refractivity contribution in [1.82, 2.24) is 5.01 Å². The van der Waals surface area contributed by atoms with Crippen LogP contribution < -0.4 is 4.74 Å². The van der Waals surface area contributed by atoms with Gasteiger partial charge in [-0.3, -0.25) is 19.9 Å². The van der Waals surface area contributed by atoms with E-state index in [1.54, 1.807) is 24.3 Å². The molecule has 0 aromatic heterocycles. The maximum atomic E-state index is 11.6. The normalized spacial score (nSPS) is 16.7. The summed E-state index contributed by atoms with van der Waals surface area (Å²) >= 11 is 0. The lowest BCUT2D eigenvalue weighted by Crippen LogP contribution is -2.18. The highest BCUT2D eigenvalue weighted by atomic mass is 16.6. The van der Waals surface area contributed by atoms with Crippen molar-refractivity contribution in [3.8, 4) is 5.75 Å². The van der Waals surface area contributed by atoms with Gasteiger partial charge in [0.2, 0.25) is 0 Å². The Morgan fingerprint density at radius 1 is 1.25 bits per heavy atom. The molecule has 1 atom stereocenters. The third-order valence-electron chi connectivity index (χ3n) is 4.57. The third kappa shape index (κ3) is 4.09. The van der Waals surface area contributed by atoms with Gasteiger partial charge in [0.25, 0.3) is 5.69 Å². The number of nitrogens with zero attached hydrogens (tertiary/aromatic N) is 3. The van der Waals surface area contributed by atoms with Crippen LogP contribution in [-0.4, -0.2) is 28.5 Å². The van der Waals surface area contributed by atoms with E-state index in [9.17, 15) is 14.9 Å². The molecule has 0 saturated heterocycles. The molecular formula is C21H21N3O4. The number of ketones is 1. The Morgan fingerprint density at radius 3 is 2.57 bits per heavy atom. The minimum absolute atomic E-state index is 0.0311. The Bertz CT molecular complexity index is 964. The predicted molar refractivity (Wildman–Crippen MR) is 106 cm³/mol. The molecule has 0 unspecified atom stereocenters. The van der Waals surface area contributed by atoms with Gasteiger partial charge in [0.05, 0.1) is 23.8 Å². The molecule has 0 bridgehead atoms. The number of rotatable bonds is 6. The molecule has 0 radical (unpaired) electrons. The summed E-state index contributed by atoms with van der Waals surface area (Å²) in [6, 6.07) is 13.9. The Kier molecular flexibility index (Phi) is 5.54. The average molecular weight is 379 g/mol. The number of nitro groups is 1. The number of hydrogen-bond donors (Lipinski definition) is 0. The Labute approximate surface area is 163 Å². The number of hydrazone groups is 1. The molecule has 144 valence electrons. The molecule has 1 heterocycles. The highest BCUT2D eigenvalue weighted by Gasteiger charge is 2.30. The molecule has 2 aromatic rings. The summed E-state index contributed by atoms with van der Waals surface area (Å²) in [7, 11) is 1.61. The highest BCUT2D eigenvalue weighted by molar-refractivity contribution is 6.02. The molecular weight excluding hydrogens is 358 g/mol. The minimum atomic E-state index is -0.410. The van der Waals surface area contributed by atoms with E-state index in [1.165, 1.54) is 19.1 Å². The molecule has 0 N–H and O–H groups in total. The fourth-order valence-corrected chi connectivity index (χ4v) is 3.26. The van der Waals surface area contributed by atoms with Crippen molar-refractivity contribution in [3.63, 3.8) is 0 Å². The molecule has 28 heavy (non-hydrogen) atoms. The molecule has 0 saturated carbocycles. The summed E-state index contributed by atoms with van der Waals surface area (Å²) < 4.78 is 5.20. The lowest BCUT2D eigenvalue weighted by Gasteiger charge is -2.24.